The maximum Gasteiger partial charge on any atom is 0.0782 e. The van der Waals surface area contributed by atoms with Crippen LogP contribution in [-0.4, -0.2) is 4.57 Å². The average molecular weight is 575 g/mol. The highest BCUT2D eigenvalue weighted by atomic mass is 15.2. The van der Waals surface area contributed by atoms with E-state index in [9.17, 15) is 0 Å². The summed E-state index contributed by atoms with van der Waals surface area (Å²) in [7, 11) is 0. The molecule has 0 amide bonds. The van der Waals surface area contributed by atoms with E-state index >= 15 is 0 Å². The van der Waals surface area contributed by atoms with Gasteiger partial charge in [-0.05, 0) is 75.8 Å². The molecule has 1 aromatic heterocycles. The summed E-state index contributed by atoms with van der Waals surface area (Å²) < 4.78 is 2.48. The number of nitrogens with zero attached hydrogens (tertiary/aromatic N) is 2. The van der Waals surface area contributed by atoms with Crippen LogP contribution in [0, 0.1) is 0 Å². The molecule has 0 spiro atoms. The van der Waals surface area contributed by atoms with E-state index in [1.165, 1.54) is 72.2 Å². The molecule has 8 aromatic rings. The first-order valence-corrected chi connectivity index (χ1v) is 15.6. The van der Waals surface area contributed by atoms with E-state index in [1.807, 2.05) is 0 Å². The number of anilines is 3. The minimum Gasteiger partial charge on any atom is -0.308 e. The van der Waals surface area contributed by atoms with E-state index in [0.29, 0.717) is 0 Å². The van der Waals surface area contributed by atoms with Crippen LogP contribution in [0.4, 0.5) is 17.1 Å². The van der Waals surface area contributed by atoms with Crippen LogP contribution in [0.1, 0.15) is 11.1 Å². The van der Waals surface area contributed by atoms with Crippen LogP contribution in [0.3, 0.4) is 0 Å². The van der Waals surface area contributed by atoms with Crippen LogP contribution in [0.15, 0.2) is 170 Å². The first kappa shape index (κ1) is 25.6. The molecule has 2 nitrogen and oxygen atoms in total. The molecule has 0 unspecified atom stereocenters. The largest absolute Gasteiger partial charge is 0.308 e. The first-order chi connectivity index (χ1) is 22.3. The second kappa shape index (κ2) is 10.4. The Kier molecular flexibility index (Phi) is 5.92. The van der Waals surface area contributed by atoms with Gasteiger partial charge in [0.05, 0.1) is 16.7 Å². The van der Waals surface area contributed by atoms with Crippen molar-refractivity contribution in [3.05, 3.63) is 181 Å². The Morgan fingerprint density at radius 3 is 1.53 bits per heavy atom. The standard InChI is InChI=1S/C43H30N2/c1-3-14-30(15-4-1)34-27-35(31-16-5-2-6-17-31)29-36(28-34)44-41-24-12-9-20-37(41)38-21-13-25-42(43(38)44)45-39-22-10-7-18-32(39)26-33-19-8-11-23-40(33)45/h1-25,27-29H,26H2. The quantitative estimate of drug-likeness (QED) is 0.203. The molecule has 0 bridgehead atoms. The monoisotopic (exact) mass is 574 g/mol. The molecule has 0 saturated heterocycles. The smallest absolute Gasteiger partial charge is 0.0782 e. The lowest BCUT2D eigenvalue weighted by Crippen LogP contribution is -2.19. The topological polar surface area (TPSA) is 8.17 Å². The Balaban J connectivity index is 1.39. The second-order valence-electron chi connectivity index (χ2n) is 11.8. The van der Waals surface area contributed by atoms with Gasteiger partial charge >= 0.3 is 0 Å². The minimum atomic E-state index is 0.932. The summed E-state index contributed by atoms with van der Waals surface area (Å²) in [4.78, 5) is 2.48. The van der Waals surface area contributed by atoms with E-state index in [4.69, 9.17) is 0 Å². The Hall–Kier alpha value is -5.86. The van der Waals surface area contributed by atoms with E-state index in [1.54, 1.807) is 0 Å². The molecular formula is C43H30N2. The number of aromatic nitrogens is 1. The third-order valence-electron chi connectivity index (χ3n) is 9.15. The number of para-hydroxylation sites is 4. The van der Waals surface area contributed by atoms with Crippen LogP contribution >= 0.6 is 0 Å². The second-order valence-corrected chi connectivity index (χ2v) is 11.8. The van der Waals surface area contributed by atoms with Crippen LogP contribution in [0.2, 0.25) is 0 Å². The van der Waals surface area contributed by atoms with Crippen molar-refractivity contribution in [1.82, 2.24) is 4.57 Å². The van der Waals surface area contributed by atoms with Crippen molar-refractivity contribution in [3.63, 3.8) is 0 Å². The van der Waals surface area contributed by atoms with Crippen LogP contribution in [0.5, 0.6) is 0 Å². The Morgan fingerprint density at radius 2 is 0.889 bits per heavy atom. The molecule has 0 atom stereocenters. The number of benzene rings is 7. The van der Waals surface area contributed by atoms with Crippen molar-refractivity contribution >= 4 is 38.9 Å². The maximum absolute atomic E-state index is 2.48. The van der Waals surface area contributed by atoms with Gasteiger partial charge in [0.15, 0.2) is 0 Å². The molecule has 7 aromatic carbocycles. The highest BCUT2D eigenvalue weighted by Gasteiger charge is 2.27. The fourth-order valence-corrected chi connectivity index (χ4v) is 7.14. The van der Waals surface area contributed by atoms with E-state index in [0.717, 1.165) is 12.1 Å². The van der Waals surface area contributed by atoms with Gasteiger partial charge < -0.3 is 9.47 Å². The molecule has 0 fully saturated rings. The fraction of sp³-hybridized carbons (Fsp3) is 0.0233. The zero-order valence-corrected chi connectivity index (χ0v) is 24.8. The number of hydrogen-bond acceptors (Lipinski definition) is 1. The third-order valence-corrected chi connectivity index (χ3v) is 9.15. The molecule has 0 radical (unpaired) electrons. The lowest BCUT2D eigenvalue weighted by atomic mass is 9.94. The SMILES string of the molecule is c1ccc(-c2cc(-c3ccccc3)cc(-n3c4ccccc4c4cccc(N5c6ccccc6Cc6ccccc65)c43)c2)cc1. The third kappa shape index (κ3) is 4.18. The highest BCUT2D eigenvalue weighted by Crippen LogP contribution is 2.48. The van der Waals surface area contributed by atoms with Crippen molar-refractivity contribution in [1.29, 1.82) is 0 Å². The van der Waals surface area contributed by atoms with Gasteiger partial charge in [-0.15, -0.1) is 0 Å². The summed E-state index contributed by atoms with van der Waals surface area (Å²) in [5.74, 6) is 0. The molecule has 0 N–H and O–H groups in total. The van der Waals surface area contributed by atoms with Crippen LogP contribution in [0.25, 0.3) is 49.7 Å². The minimum absolute atomic E-state index is 0.932. The van der Waals surface area contributed by atoms with Gasteiger partial charge in [-0.25, -0.2) is 0 Å². The van der Waals surface area contributed by atoms with Gasteiger partial charge in [0.25, 0.3) is 0 Å². The van der Waals surface area contributed by atoms with Gasteiger partial charge in [0.1, 0.15) is 0 Å². The zero-order valence-electron chi connectivity index (χ0n) is 24.8. The molecule has 0 saturated carbocycles. The fourth-order valence-electron chi connectivity index (χ4n) is 7.14. The Bertz CT molecular complexity index is 2250. The molecule has 9 rings (SSSR count). The van der Waals surface area contributed by atoms with Crippen LogP contribution in [-0.2, 0) is 6.42 Å². The lowest BCUT2D eigenvalue weighted by molar-refractivity contribution is 1.08. The Morgan fingerprint density at radius 1 is 0.378 bits per heavy atom. The summed E-state index contributed by atoms with van der Waals surface area (Å²) in [6, 6.07) is 61.8. The number of hydrogen-bond donors (Lipinski definition) is 0. The predicted octanol–water partition coefficient (Wildman–Crippen LogP) is 11.5. The van der Waals surface area contributed by atoms with E-state index in [-0.39, 0.29) is 0 Å². The van der Waals surface area contributed by atoms with Gasteiger partial charge in [0.2, 0.25) is 0 Å². The van der Waals surface area contributed by atoms with Crippen LogP contribution < -0.4 is 4.90 Å². The van der Waals surface area contributed by atoms with Crippen molar-refractivity contribution in [2.75, 3.05) is 4.90 Å². The molecule has 212 valence electrons. The first-order valence-electron chi connectivity index (χ1n) is 15.6. The van der Waals surface area contributed by atoms with Crippen molar-refractivity contribution in [2.24, 2.45) is 0 Å². The van der Waals surface area contributed by atoms with E-state index < -0.39 is 0 Å². The summed E-state index contributed by atoms with van der Waals surface area (Å²) in [6.45, 7) is 0. The number of rotatable bonds is 4. The lowest BCUT2D eigenvalue weighted by Gasteiger charge is -2.34. The maximum atomic E-state index is 2.48. The number of fused-ring (bicyclic) bond motifs is 5. The van der Waals surface area contributed by atoms with Gasteiger partial charge in [-0.2, -0.15) is 0 Å². The Labute approximate surface area is 263 Å². The van der Waals surface area contributed by atoms with Gasteiger partial charge in [-0.3, -0.25) is 0 Å². The van der Waals surface area contributed by atoms with Crippen molar-refractivity contribution in [2.45, 2.75) is 6.42 Å². The molecule has 2 heterocycles. The predicted molar refractivity (Wildman–Crippen MR) is 189 cm³/mol. The van der Waals surface area contributed by atoms with Gasteiger partial charge in [0, 0.05) is 34.3 Å². The highest BCUT2D eigenvalue weighted by molar-refractivity contribution is 6.14. The summed E-state index contributed by atoms with van der Waals surface area (Å²) in [5, 5.41) is 2.49. The summed E-state index contributed by atoms with van der Waals surface area (Å²) >= 11 is 0. The zero-order chi connectivity index (χ0) is 29.7. The normalized spacial score (nSPS) is 12.3. The molecule has 45 heavy (non-hydrogen) atoms. The molecular weight excluding hydrogens is 544 g/mol. The van der Waals surface area contributed by atoms with E-state index in [2.05, 4.69) is 179 Å². The molecule has 1 aliphatic rings. The summed E-state index contributed by atoms with van der Waals surface area (Å²) in [5.41, 5.74) is 14.7. The average Bonchev–Trinajstić information content (AvgIpc) is 3.46. The van der Waals surface area contributed by atoms with Crippen molar-refractivity contribution in [3.8, 4) is 27.9 Å². The van der Waals surface area contributed by atoms with Crippen molar-refractivity contribution < 1.29 is 0 Å². The summed E-state index contributed by atoms with van der Waals surface area (Å²) in [6.07, 6.45) is 0.932. The van der Waals surface area contributed by atoms with Gasteiger partial charge in [-0.1, -0.05) is 127 Å². The molecule has 2 heteroatoms. The molecule has 0 aliphatic carbocycles. The molecule has 1 aliphatic heterocycles.